The maximum atomic E-state index is 11.9. The molecule has 1 N–H and O–H groups in total. The summed E-state index contributed by atoms with van der Waals surface area (Å²) in [5, 5.41) is 0.732. The van der Waals surface area contributed by atoms with Gasteiger partial charge in [0.25, 0.3) is 5.56 Å². The summed E-state index contributed by atoms with van der Waals surface area (Å²) in [6.45, 7) is 0. The number of nitrogens with one attached hydrogen (secondary N) is 1. The molecule has 0 saturated heterocycles. The van der Waals surface area contributed by atoms with Crippen molar-refractivity contribution in [2.75, 3.05) is 0 Å². The summed E-state index contributed by atoms with van der Waals surface area (Å²) in [4.78, 5) is 20.1. The standard InChI is InChI=1S/C10H8Cl2N2OS/c11-7(12)8-13-9(15)6-4-2-1-3-5(4)16-10(6)14-8/h7H,1-3H2,(H,13,14,15). The lowest BCUT2D eigenvalue weighted by molar-refractivity contribution is 0.915. The lowest BCUT2D eigenvalue weighted by Gasteiger charge is -2.00. The minimum Gasteiger partial charge on any atom is -0.308 e. The van der Waals surface area contributed by atoms with Crippen LogP contribution in [0, 0.1) is 0 Å². The highest BCUT2D eigenvalue weighted by molar-refractivity contribution is 7.18. The van der Waals surface area contributed by atoms with E-state index in [1.807, 2.05) is 0 Å². The third-order valence-electron chi connectivity index (χ3n) is 2.80. The number of hydrogen-bond donors (Lipinski definition) is 1. The summed E-state index contributed by atoms with van der Waals surface area (Å²) >= 11 is 13.0. The number of fused-ring (bicyclic) bond motifs is 3. The molecule has 3 rings (SSSR count). The second kappa shape index (κ2) is 3.72. The van der Waals surface area contributed by atoms with Gasteiger partial charge in [0.1, 0.15) is 10.7 Å². The molecule has 0 amide bonds. The fourth-order valence-electron chi connectivity index (χ4n) is 2.12. The molecule has 0 spiro atoms. The van der Waals surface area contributed by atoms with Crippen LogP contribution in [0.3, 0.4) is 0 Å². The number of halogens is 2. The molecule has 0 aromatic carbocycles. The Morgan fingerprint density at radius 2 is 2.19 bits per heavy atom. The average Bonchev–Trinajstić information content (AvgIpc) is 2.75. The van der Waals surface area contributed by atoms with E-state index in [9.17, 15) is 4.79 Å². The van der Waals surface area contributed by atoms with Gasteiger partial charge in [-0.1, -0.05) is 23.2 Å². The second-order valence-corrected chi connectivity index (χ2v) is 5.97. The van der Waals surface area contributed by atoms with Crippen LogP contribution >= 0.6 is 34.5 Å². The Morgan fingerprint density at radius 1 is 1.38 bits per heavy atom. The monoisotopic (exact) mass is 274 g/mol. The Labute approximate surface area is 105 Å². The molecule has 0 saturated carbocycles. The van der Waals surface area contributed by atoms with E-state index in [1.165, 1.54) is 10.4 Å². The van der Waals surface area contributed by atoms with Gasteiger partial charge >= 0.3 is 0 Å². The van der Waals surface area contributed by atoms with Crippen LogP contribution in [0.25, 0.3) is 10.2 Å². The third kappa shape index (κ3) is 1.48. The number of rotatable bonds is 1. The Hall–Kier alpha value is -0.580. The van der Waals surface area contributed by atoms with Crippen molar-refractivity contribution in [1.29, 1.82) is 0 Å². The van der Waals surface area contributed by atoms with Crippen molar-refractivity contribution in [1.82, 2.24) is 9.97 Å². The molecular formula is C10H8Cl2N2OS. The number of thiophene rings is 1. The van der Waals surface area contributed by atoms with Crippen molar-refractivity contribution in [2.24, 2.45) is 0 Å². The van der Waals surface area contributed by atoms with Crippen molar-refractivity contribution in [3.05, 3.63) is 26.6 Å². The summed E-state index contributed by atoms with van der Waals surface area (Å²) in [7, 11) is 0. The molecule has 0 atom stereocenters. The zero-order valence-electron chi connectivity index (χ0n) is 8.22. The minimum absolute atomic E-state index is 0.120. The molecule has 1 aliphatic rings. The van der Waals surface area contributed by atoms with Crippen LogP contribution in [-0.4, -0.2) is 9.97 Å². The van der Waals surface area contributed by atoms with Gasteiger partial charge in [-0.3, -0.25) is 4.79 Å². The van der Waals surface area contributed by atoms with Crippen molar-refractivity contribution in [2.45, 2.75) is 24.1 Å². The predicted octanol–water partition coefficient (Wildman–Crippen LogP) is 2.95. The zero-order chi connectivity index (χ0) is 11.3. The molecule has 0 fully saturated rings. The highest BCUT2D eigenvalue weighted by atomic mass is 35.5. The van der Waals surface area contributed by atoms with E-state index in [1.54, 1.807) is 11.3 Å². The predicted molar refractivity (Wildman–Crippen MR) is 66.7 cm³/mol. The highest BCUT2D eigenvalue weighted by Crippen LogP contribution is 2.35. The molecule has 2 aromatic heterocycles. The number of aryl methyl sites for hydroxylation is 2. The van der Waals surface area contributed by atoms with E-state index in [4.69, 9.17) is 23.2 Å². The first-order valence-corrected chi connectivity index (χ1v) is 6.68. The zero-order valence-corrected chi connectivity index (χ0v) is 10.5. The van der Waals surface area contributed by atoms with Crippen molar-refractivity contribution in [3.63, 3.8) is 0 Å². The normalized spacial score (nSPS) is 14.9. The first kappa shape index (κ1) is 10.6. The number of H-pyrrole nitrogens is 1. The van der Waals surface area contributed by atoms with Gasteiger partial charge in [-0.2, -0.15) is 0 Å². The molecule has 3 nitrogen and oxygen atoms in total. The van der Waals surface area contributed by atoms with Crippen molar-refractivity contribution in [3.8, 4) is 0 Å². The fraction of sp³-hybridized carbons (Fsp3) is 0.400. The Balaban J connectivity index is 2.34. The average molecular weight is 275 g/mol. The smallest absolute Gasteiger partial charge is 0.260 e. The largest absolute Gasteiger partial charge is 0.308 e. The van der Waals surface area contributed by atoms with E-state index in [0.717, 1.165) is 29.5 Å². The molecule has 0 radical (unpaired) electrons. The van der Waals surface area contributed by atoms with Gasteiger partial charge in [-0.25, -0.2) is 4.98 Å². The van der Waals surface area contributed by atoms with Crippen LogP contribution in [0.2, 0.25) is 0 Å². The van der Waals surface area contributed by atoms with E-state index >= 15 is 0 Å². The molecule has 0 bridgehead atoms. The molecule has 2 aromatic rings. The Kier molecular flexibility index (Phi) is 2.46. The van der Waals surface area contributed by atoms with Gasteiger partial charge in [0.2, 0.25) is 0 Å². The fourth-order valence-corrected chi connectivity index (χ4v) is 3.60. The molecule has 6 heteroatoms. The van der Waals surface area contributed by atoms with E-state index in [0.29, 0.717) is 5.82 Å². The van der Waals surface area contributed by atoms with E-state index < -0.39 is 4.84 Å². The van der Waals surface area contributed by atoms with Crippen molar-refractivity contribution >= 4 is 44.8 Å². The number of alkyl halides is 2. The summed E-state index contributed by atoms with van der Waals surface area (Å²) < 4.78 is 0. The first-order valence-electron chi connectivity index (χ1n) is 4.99. The van der Waals surface area contributed by atoms with Crippen LogP contribution in [0.1, 0.15) is 27.5 Å². The van der Waals surface area contributed by atoms with Gasteiger partial charge in [0.15, 0.2) is 4.84 Å². The van der Waals surface area contributed by atoms with E-state index in [-0.39, 0.29) is 5.56 Å². The van der Waals surface area contributed by atoms with Gasteiger partial charge in [-0.15, -0.1) is 11.3 Å². The summed E-state index contributed by atoms with van der Waals surface area (Å²) in [6.07, 6.45) is 3.16. The number of aromatic nitrogens is 2. The second-order valence-electron chi connectivity index (χ2n) is 3.79. The lowest BCUT2D eigenvalue weighted by atomic mass is 10.2. The topological polar surface area (TPSA) is 45.8 Å². The first-order chi connectivity index (χ1) is 7.66. The van der Waals surface area contributed by atoms with Gasteiger partial charge in [0, 0.05) is 4.88 Å². The summed E-state index contributed by atoms with van der Waals surface area (Å²) in [5.74, 6) is 0.334. The van der Waals surface area contributed by atoms with Gasteiger partial charge in [0.05, 0.1) is 5.39 Å². The summed E-state index contributed by atoms with van der Waals surface area (Å²) in [5.41, 5.74) is 1.05. The summed E-state index contributed by atoms with van der Waals surface area (Å²) in [6, 6.07) is 0. The number of hydrogen-bond acceptors (Lipinski definition) is 3. The Bertz CT molecular complexity index is 617. The minimum atomic E-state index is -0.783. The van der Waals surface area contributed by atoms with Gasteiger partial charge < -0.3 is 4.98 Å². The van der Waals surface area contributed by atoms with Crippen molar-refractivity contribution < 1.29 is 0 Å². The molecule has 1 aliphatic carbocycles. The quantitative estimate of drug-likeness (QED) is 0.813. The van der Waals surface area contributed by atoms with E-state index in [2.05, 4.69) is 9.97 Å². The third-order valence-corrected chi connectivity index (χ3v) is 4.40. The highest BCUT2D eigenvalue weighted by Gasteiger charge is 2.21. The SMILES string of the molecule is O=c1[nH]c(C(Cl)Cl)nc2sc3c(c12)CCC3. The molecule has 2 heterocycles. The van der Waals surface area contributed by atoms with Crippen LogP contribution in [-0.2, 0) is 12.8 Å². The molecule has 84 valence electrons. The molecular weight excluding hydrogens is 267 g/mol. The Morgan fingerprint density at radius 3 is 2.94 bits per heavy atom. The van der Waals surface area contributed by atoms with Crippen LogP contribution < -0.4 is 5.56 Å². The number of aromatic amines is 1. The maximum Gasteiger partial charge on any atom is 0.260 e. The van der Waals surface area contributed by atoms with Crippen LogP contribution in [0.5, 0.6) is 0 Å². The lowest BCUT2D eigenvalue weighted by Crippen LogP contribution is -2.11. The molecule has 0 unspecified atom stereocenters. The van der Waals surface area contributed by atoms with Crippen LogP contribution in [0.15, 0.2) is 4.79 Å². The molecule has 0 aliphatic heterocycles. The van der Waals surface area contributed by atoms with Crippen LogP contribution in [0.4, 0.5) is 0 Å². The molecule has 16 heavy (non-hydrogen) atoms. The number of nitrogens with zero attached hydrogens (tertiary/aromatic N) is 1. The van der Waals surface area contributed by atoms with Gasteiger partial charge in [-0.05, 0) is 24.8 Å². The maximum absolute atomic E-state index is 11.9.